The Bertz CT molecular complexity index is 1140. The Hall–Kier alpha value is -3.52. The second-order valence-corrected chi connectivity index (χ2v) is 7.82. The van der Waals surface area contributed by atoms with E-state index in [1.807, 2.05) is 37.3 Å². The molecule has 3 aromatic rings. The maximum absolute atomic E-state index is 13.8. The predicted molar refractivity (Wildman–Crippen MR) is 122 cm³/mol. The second kappa shape index (κ2) is 10.7. The van der Waals surface area contributed by atoms with Gasteiger partial charge < -0.3 is 15.4 Å². The molecule has 0 aliphatic heterocycles. The predicted octanol–water partition coefficient (Wildman–Crippen LogP) is 4.87. The summed E-state index contributed by atoms with van der Waals surface area (Å²) in [7, 11) is 0. The number of halogens is 2. The third-order valence-corrected chi connectivity index (χ3v) is 5.07. The van der Waals surface area contributed by atoms with Crippen molar-refractivity contribution in [2.24, 2.45) is 0 Å². The molecular formula is C24H20BrFN2O4. The van der Waals surface area contributed by atoms with Gasteiger partial charge in [0.1, 0.15) is 5.82 Å². The van der Waals surface area contributed by atoms with E-state index in [0.717, 1.165) is 11.6 Å². The van der Waals surface area contributed by atoms with Gasteiger partial charge in [-0.25, -0.2) is 9.18 Å². The monoisotopic (exact) mass is 498 g/mol. The molecule has 0 bridgehead atoms. The fourth-order valence-corrected chi connectivity index (χ4v) is 3.30. The molecule has 0 radical (unpaired) electrons. The molecule has 164 valence electrons. The molecule has 0 aromatic heterocycles. The Kier molecular flexibility index (Phi) is 7.72. The fraction of sp³-hybridized carbons (Fsp3) is 0.125. The van der Waals surface area contributed by atoms with E-state index in [9.17, 15) is 18.8 Å². The molecule has 8 heteroatoms. The summed E-state index contributed by atoms with van der Waals surface area (Å²) in [4.78, 5) is 37.1. The van der Waals surface area contributed by atoms with Gasteiger partial charge in [-0.1, -0.05) is 58.4 Å². The van der Waals surface area contributed by atoms with Gasteiger partial charge in [-0.3, -0.25) is 9.59 Å². The zero-order chi connectivity index (χ0) is 23.1. The van der Waals surface area contributed by atoms with Crippen LogP contribution < -0.4 is 10.6 Å². The van der Waals surface area contributed by atoms with Crippen molar-refractivity contribution >= 4 is 39.4 Å². The van der Waals surface area contributed by atoms with Gasteiger partial charge in [0.2, 0.25) is 0 Å². The molecule has 2 N–H and O–H groups in total. The van der Waals surface area contributed by atoms with Crippen LogP contribution in [0.3, 0.4) is 0 Å². The minimum Gasteiger partial charge on any atom is -0.452 e. The van der Waals surface area contributed by atoms with E-state index in [2.05, 4.69) is 26.6 Å². The molecule has 0 aliphatic carbocycles. The average Bonchev–Trinajstić information content (AvgIpc) is 2.80. The Morgan fingerprint density at radius 2 is 1.66 bits per heavy atom. The van der Waals surface area contributed by atoms with Gasteiger partial charge >= 0.3 is 5.97 Å². The largest absolute Gasteiger partial charge is 0.452 e. The van der Waals surface area contributed by atoms with Crippen LogP contribution >= 0.6 is 15.9 Å². The highest BCUT2D eigenvalue weighted by Gasteiger charge is 2.18. The summed E-state index contributed by atoms with van der Waals surface area (Å²) < 4.78 is 19.2. The molecule has 0 saturated heterocycles. The number of para-hydroxylation sites is 1. The third kappa shape index (κ3) is 6.01. The first-order chi connectivity index (χ1) is 15.3. The van der Waals surface area contributed by atoms with Crippen molar-refractivity contribution in [2.45, 2.75) is 13.0 Å². The van der Waals surface area contributed by atoms with Crippen LogP contribution in [0, 0.1) is 5.82 Å². The molecule has 3 aromatic carbocycles. The number of hydrogen-bond acceptors (Lipinski definition) is 4. The van der Waals surface area contributed by atoms with Crippen LogP contribution in [-0.2, 0) is 9.53 Å². The lowest BCUT2D eigenvalue weighted by Crippen LogP contribution is -2.28. The van der Waals surface area contributed by atoms with Gasteiger partial charge in [-0.15, -0.1) is 0 Å². The number of benzene rings is 3. The molecular weight excluding hydrogens is 479 g/mol. The first-order valence-corrected chi connectivity index (χ1v) is 10.5. The summed E-state index contributed by atoms with van der Waals surface area (Å²) in [6.45, 7) is 1.22. The Morgan fingerprint density at radius 1 is 0.969 bits per heavy atom. The number of ether oxygens (including phenoxy) is 1. The van der Waals surface area contributed by atoms with Crippen LogP contribution in [-0.4, -0.2) is 24.4 Å². The van der Waals surface area contributed by atoms with Gasteiger partial charge in [0, 0.05) is 4.47 Å². The number of nitrogens with one attached hydrogen (secondary N) is 2. The van der Waals surface area contributed by atoms with E-state index in [4.69, 9.17) is 4.74 Å². The number of esters is 1. The Morgan fingerprint density at radius 3 is 2.41 bits per heavy atom. The average molecular weight is 499 g/mol. The number of hydrogen-bond donors (Lipinski definition) is 2. The molecule has 1 atom stereocenters. The van der Waals surface area contributed by atoms with E-state index in [0.29, 0.717) is 4.47 Å². The Balaban J connectivity index is 1.62. The number of rotatable bonds is 7. The lowest BCUT2D eigenvalue weighted by molar-refractivity contribution is -0.119. The molecule has 0 spiro atoms. The minimum atomic E-state index is -0.971. The summed E-state index contributed by atoms with van der Waals surface area (Å²) in [6, 6.07) is 19.5. The van der Waals surface area contributed by atoms with Crippen molar-refractivity contribution in [3.05, 3.63) is 99.8 Å². The molecule has 2 amide bonds. The van der Waals surface area contributed by atoms with Crippen LogP contribution in [0.5, 0.6) is 0 Å². The zero-order valence-electron chi connectivity index (χ0n) is 17.1. The van der Waals surface area contributed by atoms with Crippen molar-refractivity contribution in [3.63, 3.8) is 0 Å². The molecule has 32 heavy (non-hydrogen) atoms. The van der Waals surface area contributed by atoms with Gasteiger partial charge in [-0.05, 0) is 42.8 Å². The van der Waals surface area contributed by atoms with E-state index in [1.54, 1.807) is 24.3 Å². The smallest absolute Gasteiger partial charge is 0.341 e. The molecule has 3 rings (SSSR count). The third-order valence-electron chi connectivity index (χ3n) is 4.58. The maximum Gasteiger partial charge on any atom is 0.341 e. The summed E-state index contributed by atoms with van der Waals surface area (Å²) in [6.07, 6.45) is 0. The topological polar surface area (TPSA) is 84.5 Å². The van der Waals surface area contributed by atoms with Crippen LogP contribution in [0.25, 0.3) is 0 Å². The molecule has 0 aliphatic rings. The first kappa shape index (κ1) is 23.1. The zero-order valence-corrected chi connectivity index (χ0v) is 18.7. The number of amides is 2. The van der Waals surface area contributed by atoms with Crippen LogP contribution in [0.1, 0.15) is 39.2 Å². The highest BCUT2D eigenvalue weighted by Crippen LogP contribution is 2.19. The van der Waals surface area contributed by atoms with Gasteiger partial charge in [0.05, 0.1) is 22.9 Å². The Labute approximate surface area is 192 Å². The van der Waals surface area contributed by atoms with Crippen LogP contribution in [0.2, 0.25) is 0 Å². The van der Waals surface area contributed by atoms with Crippen molar-refractivity contribution in [2.75, 3.05) is 11.9 Å². The fourth-order valence-electron chi connectivity index (χ4n) is 2.94. The molecule has 0 heterocycles. The van der Waals surface area contributed by atoms with E-state index < -0.39 is 24.3 Å². The summed E-state index contributed by atoms with van der Waals surface area (Å²) in [5.41, 5.74) is 1.17. The maximum atomic E-state index is 13.8. The summed E-state index contributed by atoms with van der Waals surface area (Å²) in [5.74, 6) is -2.76. The molecule has 6 nitrogen and oxygen atoms in total. The van der Waals surface area contributed by atoms with Crippen molar-refractivity contribution < 1.29 is 23.5 Å². The standard InChI is InChI=1S/C24H20BrFN2O4/c1-15(16-7-3-2-4-8-16)27-23(30)18-9-5-6-10-21(18)28-22(29)14-32-24(31)19-13-17(25)11-12-20(19)26/h2-13,15H,14H2,1H3,(H,27,30)(H,28,29). The number of anilines is 1. The van der Waals surface area contributed by atoms with Gasteiger partial charge in [0.15, 0.2) is 6.61 Å². The second-order valence-electron chi connectivity index (χ2n) is 6.90. The number of carbonyl (C=O) groups excluding carboxylic acids is 3. The normalized spacial score (nSPS) is 11.3. The van der Waals surface area contributed by atoms with Crippen molar-refractivity contribution in [3.8, 4) is 0 Å². The lowest BCUT2D eigenvalue weighted by atomic mass is 10.1. The van der Waals surface area contributed by atoms with Crippen molar-refractivity contribution in [1.82, 2.24) is 5.32 Å². The van der Waals surface area contributed by atoms with Crippen molar-refractivity contribution in [1.29, 1.82) is 0 Å². The van der Waals surface area contributed by atoms with E-state index in [-0.39, 0.29) is 28.8 Å². The van der Waals surface area contributed by atoms with E-state index in [1.165, 1.54) is 12.1 Å². The first-order valence-electron chi connectivity index (χ1n) is 9.72. The van der Waals surface area contributed by atoms with Gasteiger partial charge in [0.25, 0.3) is 11.8 Å². The lowest BCUT2D eigenvalue weighted by Gasteiger charge is -2.16. The van der Waals surface area contributed by atoms with Gasteiger partial charge in [-0.2, -0.15) is 0 Å². The van der Waals surface area contributed by atoms with E-state index >= 15 is 0 Å². The quantitative estimate of drug-likeness (QED) is 0.455. The summed E-state index contributed by atoms with van der Waals surface area (Å²) in [5, 5.41) is 5.44. The molecule has 0 fully saturated rings. The molecule has 1 unspecified atom stereocenters. The summed E-state index contributed by atoms with van der Waals surface area (Å²) >= 11 is 3.15. The minimum absolute atomic E-state index is 0.242. The van der Waals surface area contributed by atoms with Crippen LogP contribution in [0.4, 0.5) is 10.1 Å². The molecule has 0 saturated carbocycles. The highest BCUT2D eigenvalue weighted by molar-refractivity contribution is 9.10. The number of carbonyl (C=O) groups is 3. The SMILES string of the molecule is CC(NC(=O)c1ccccc1NC(=O)COC(=O)c1cc(Br)ccc1F)c1ccccc1. The van der Waals surface area contributed by atoms with Crippen LogP contribution in [0.15, 0.2) is 77.3 Å². The highest BCUT2D eigenvalue weighted by atomic mass is 79.9.